The number of carbonyl (C=O) groups excluding carboxylic acids is 3. The summed E-state index contributed by atoms with van der Waals surface area (Å²) in [4.78, 5) is 44.9. The summed E-state index contributed by atoms with van der Waals surface area (Å²) in [6.07, 6.45) is 19.4. The first-order chi connectivity index (χ1) is 13.5. The Bertz CT molecular complexity index is 500. The van der Waals surface area contributed by atoms with Gasteiger partial charge in [-0.1, -0.05) is 70.4 Å². The van der Waals surface area contributed by atoms with Gasteiger partial charge in [-0.15, -0.1) is 0 Å². The SMILES string of the molecule is CCCCCCCC/C=C\CCCCCCCC(=O)N(CC(=O)O)C(=O)C=O.[H-].[Na+]. The molecule has 29 heavy (non-hydrogen) atoms. The van der Waals surface area contributed by atoms with E-state index in [2.05, 4.69) is 19.1 Å². The van der Waals surface area contributed by atoms with E-state index in [9.17, 15) is 19.2 Å². The molecule has 6 nitrogen and oxygen atoms in total. The molecule has 0 spiro atoms. The van der Waals surface area contributed by atoms with Crippen LogP contribution in [0.4, 0.5) is 0 Å². The van der Waals surface area contributed by atoms with Crippen LogP contribution < -0.4 is 29.6 Å². The Kier molecular flexibility index (Phi) is 22.6. The summed E-state index contributed by atoms with van der Waals surface area (Å²) in [7, 11) is 0. The third kappa shape index (κ3) is 18.8. The number of allylic oxidation sites excluding steroid dienone is 2. The smallest absolute Gasteiger partial charge is 1.00 e. The fraction of sp³-hybridized carbons (Fsp3) is 0.727. The largest absolute Gasteiger partial charge is 1.00 e. The number of aldehydes is 1. The molecule has 0 heterocycles. The molecule has 162 valence electrons. The van der Waals surface area contributed by atoms with Crippen molar-refractivity contribution in [3.05, 3.63) is 12.2 Å². The molecule has 0 saturated heterocycles. The van der Waals surface area contributed by atoms with E-state index in [1.165, 1.54) is 44.9 Å². The zero-order valence-electron chi connectivity index (χ0n) is 19.4. The maximum absolute atomic E-state index is 11.9. The van der Waals surface area contributed by atoms with Gasteiger partial charge in [0.2, 0.25) is 12.2 Å². The Morgan fingerprint density at radius 2 is 1.31 bits per heavy atom. The summed E-state index contributed by atoms with van der Waals surface area (Å²) in [5.74, 6) is -3.01. The maximum atomic E-state index is 11.9. The number of nitrogens with zero attached hydrogens (tertiary/aromatic N) is 1. The fourth-order valence-corrected chi connectivity index (χ4v) is 2.97. The monoisotopic (exact) mass is 419 g/mol. The third-order valence-electron chi connectivity index (χ3n) is 4.61. The van der Waals surface area contributed by atoms with Gasteiger partial charge in [0.25, 0.3) is 5.91 Å². The number of carbonyl (C=O) groups is 4. The van der Waals surface area contributed by atoms with E-state index in [0.717, 1.165) is 32.1 Å². The van der Waals surface area contributed by atoms with E-state index in [0.29, 0.717) is 11.3 Å². The summed E-state index contributed by atoms with van der Waals surface area (Å²) >= 11 is 0. The van der Waals surface area contributed by atoms with Crippen molar-refractivity contribution in [1.82, 2.24) is 4.90 Å². The van der Waals surface area contributed by atoms with Crippen LogP contribution in [0.15, 0.2) is 12.2 Å². The van der Waals surface area contributed by atoms with Crippen molar-refractivity contribution in [1.29, 1.82) is 0 Å². The van der Waals surface area contributed by atoms with E-state index >= 15 is 0 Å². The molecule has 7 heteroatoms. The molecule has 0 atom stereocenters. The van der Waals surface area contributed by atoms with Crippen molar-refractivity contribution in [3.8, 4) is 0 Å². The number of hydrogen-bond donors (Lipinski definition) is 1. The number of rotatable bonds is 18. The first-order valence-electron chi connectivity index (χ1n) is 10.7. The Hall–Kier alpha value is -0.980. The van der Waals surface area contributed by atoms with Gasteiger partial charge in [-0.3, -0.25) is 24.1 Å². The number of aliphatic carboxylic acids is 1. The van der Waals surface area contributed by atoms with Crippen molar-refractivity contribution in [2.45, 2.75) is 96.8 Å². The number of carboxylic acid groups (broad SMARTS) is 1. The van der Waals surface area contributed by atoms with Gasteiger partial charge in [-0.2, -0.15) is 0 Å². The van der Waals surface area contributed by atoms with Crippen LogP contribution in [0, 0.1) is 0 Å². The minimum Gasteiger partial charge on any atom is -1.00 e. The van der Waals surface area contributed by atoms with Crippen molar-refractivity contribution in [2.75, 3.05) is 6.54 Å². The Labute approximate surface area is 199 Å². The molecule has 0 aliphatic carbocycles. The molecule has 0 bridgehead atoms. The Morgan fingerprint density at radius 1 is 0.828 bits per heavy atom. The van der Waals surface area contributed by atoms with Crippen LogP contribution in [0.1, 0.15) is 98.2 Å². The average Bonchev–Trinajstić information content (AvgIpc) is 2.68. The van der Waals surface area contributed by atoms with Gasteiger partial charge in [0.05, 0.1) is 0 Å². The predicted molar refractivity (Wildman–Crippen MR) is 111 cm³/mol. The minimum absolute atomic E-state index is 0. The predicted octanol–water partition coefficient (Wildman–Crippen LogP) is 1.78. The van der Waals surface area contributed by atoms with E-state index in [1.807, 2.05) is 0 Å². The number of carboxylic acids is 1. The van der Waals surface area contributed by atoms with Crippen molar-refractivity contribution in [2.24, 2.45) is 0 Å². The Balaban J connectivity index is -0.00000364. The fourth-order valence-electron chi connectivity index (χ4n) is 2.97. The maximum Gasteiger partial charge on any atom is 1.00 e. The van der Waals surface area contributed by atoms with Crippen LogP contribution in [-0.4, -0.2) is 40.6 Å². The molecule has 0 saturated carbocycles. The van der Waals surface area contributed by atoms with Gasteiger partial charge in [0.1, 0.15) is 6.54 Å². The van der Waals surface area contributed by atoms with Gasteiger partial charge in [-0.05, 0) is 32.1 Å². The van der Waals surface area contributed by atoms with Crippen LogP contribution in [0.5, 0.6) is 0 Å². The van der Waals surface area contributed by atoms with Gasteiger partial charge >= 0.3 is 35.5 Å². The summed E-state index contributed by atoms with van der Waals surface area (Å²) in [5.41, 5.74) is 0. The van der Waals surface area contributed by atoms with Crippen molar-refractivity contribution >= 4 is 24.1 Å². The molecule has 0 radical (unpaired) electrons. The van der Waals surface area contributed by atoms with E-state index < -0.39 is 24.3 Å². The number of unbranched alkanes of at least 4 members (excludes halogenated alkanes) is 11. The van der Waals surface area contributed by atoms with E-state index in [4.69, 9.17) is 5.11 Å². The average molecular weight is 420 g/mol. The van der Waals surface area contributed by atoms with E-state index in [-0.39, 0.29) is 43.7 Å². The third-order valence-corrected chi connectivity index (χ3v) is 4.61. The van der Waals surface area contributed by atoms with Crippen molar-refractivity contribution < 1.29 is 55.3 Å². The molecule has 0 aliphatic rings. The number of hydrogen-bond acceptors (Lipinski definition) is 4. The second kappa shape index (κ2) is 21.7. The Morgan fingerprint density at radius 3 is 1.79 bits per heavy atom. The van der Waals surface area contributed by atoms with Crippen LogP contribution in [0.3, 0.4) is 0 Å². The standard InChI is InChI=1S/C22H37NO5.Na.H/c1-2-3-4-5-6-7-8-9-10-11-12-13-14-15-16-17-20(25)23(18-22(27)28)21(26)19-24;;/h9-10,19H,2-8,11-18H2,1H3,(H,27,28);;/q;+1;-1/b10-9-;;. The summed E-state index contributed by atoms with van der Waals surface area (Å²) in [6, 6.07) is 0. The van der Waals surface area contributed by atoms with Gasteiger partial charge < -0.3 is 6.53 Å². The second-order valence-corrected chi connectivity index (χ2v) is 7.16. The van der Waals surface area contributed by atoms with Gasteiger partial charge in [-0.25, -0.2) is 0 Å². The van der Waals surface area contributed by atoms with Crippen LogP contribution in [0.2, 0.25) is 0 Å². The van der Waals surface area contributed by atoms with Gasteiger partial charge in [0, 0.05) is 6.42 Å². The second-order valence-electron chi connectivity index (χ2n) is 7.16. The molecule has 0 aromatic carbocycles. The normalized spacial score (nSPS) is 10.5. The molecular weight excluding hydrogens is 381 g/mol. The van der Waals surface area contributed by atoms with Crippen LogP contribution in [0.25, 0.3) is 0 Å². The summed E-state index contributed by atoms with van der Waals surface area (Å²) < 4.78 is 0. The molecule has 0 rings (SSSR count). The van der Waals surface area contributed by atoms with Crippen molar-refractivity contribution in [3.63, 3.8) is 0 Å². The number of imide groups is 1. The van der Waals surface area contributed by atoms with Crippen LogP contribution in [-0.2, 0) is 19.2 Å². The molecule has 0 fully saturated rings. The molecule has 0 aromatic rings. The molecule has 0 unspecified atom stereocenters. The molecule has 1 N–H and O–H groups in total. The summed E-state index contributed by atoms with van der Waals surface area (Å²) in [5, 5.41) is 8.71. The minimum atomic E-state index is -1.31. The van der Waals surface area contributed by atoms with Crippen LogP contribution >= 0.6 is 0 Å². The number of amides is 2. The molecule has 0 aliphatic heterocycles. The molecule has 0 aromatic heterocycles. The molecule has 2 amide bonds. The van der Waals surface area contributed by atoms with Gasteiger partial charge in [0.15, 0.2) is 0 Å². The van der Waals surface area contributed by atoms with E-state index in [1.54, 1.807) is 0 Å². The summed E-state index contributed by atoms with van der Waals surface area (Å²) in [6.45, 7) is 1.47. The zero-order valence-corrected chi connectivity index (χ0v) is 20.4. The molecular formula is C22H38NNaO5. The topological polar surface area (TPSA) is 91.8 Å². The first kappa shape index (κ1) is 30.2. The first-order valence-corrected chi connectivity index (χ1v) is 10.7. The zero-order chi connectivity index (χ0) is 21.0. The quantitative estimate of drug-likeness (QED) is 0.120.